The van der Waals surface area contributed by atoms with Gasteiger partial charge in [0.2, 0.25) is 0 Å². The molecule has 1 aromatic carbocycles. The largest absolute Gasteiger partial charge is 1.00 e. The maximum Gasteiger partial charge on any atom is 1.00 e. The molecule has 0 atom stereocenters. The minimum absolute atomic E-state index is 0. The summed E-state index contributed by atoms with van der Waals surface area (Å²) >= 11 is 3.14. The molecule has 0 spiro atoms. The van der Waals surface area contributed by atoms with Crippen LogP contribution in [0.5, 0.6) is 0 Å². The number of hydrogen-bond acceptors (Lipinski definition) is 2. The van der Waals surface area contributed by atoms with Crippen LogP contribution in [0.4, 0.5) is 0 Å². The molecule has 4 heteroatoms. The quantitative estimate of drug-likeness (QED) is 0.491. The van der Waals surface area contributed by atoms with Crippen LogP contribution < -0.4 is 24.0 Å². The third-order valence-electron chi connectivity index (χ3n) is 1.06. The van der Waals surface area contributed by atoms with E-state index >= 15 is 0 Å². The van der Waals surface area contributed by atoms with E-state index in [1.165, 1.54) is 12.1 Å². The molecule has 0 aliphatic heterocycles. The summed E-state index contributed by atoms with van der Waals surface area (Å²) in [5, 5.41) is 10.2. The second-order valence-electron chi connectivity index (χ2n) is 1.80. The Bertz CT molecular complexity index is 262. The van der Waals surface area contributed by atoms with Crippen LogP contribution in [-0.2, 0) is 0 Å². The van der Waals surface area contributed by atoms with E-state index in [2.05, 4.69) is 15.9 Å². The van der Waals surface area contributed by atoms with E-state index in [9.17, 15) is 9.90 Å². The van der Waals surface area contributed by atoms with Gasteiger partial charge in [0.15, 0.2) is 0 Å². The second kappa shape index (κ2) is 4.61. The van der Waals surface area contributed by atoms with E-state index in [-0.39, 0.29) is 24.4 Å². The first kappa shape index (κ1) is 10.8. The topological polar surface area (TPSA) is 40.1 Å². The predicted octanol–water partition coefficient (Wildman–Crippen LogP) is -2.18. The van der Waals surface area contributed by atoms with Crippen molar-refractivity contribution in [1.29, 1.82) is 0 Å². The summed E-state index contributed by atoms with van der Waals surface area (Å²) in [7, 11) is 0. The normalized spacial score (nSPS) is 8.45. The molecule has 0 radical (unpaired) electrons. The molecule has 0 aromatic heterocycles. The Morgan fingerprint density at radius 3 is 2.45 bits per heavy atom. The maximum absolute atomic E-state index is 10.2. The Hall–Kier alpha value is -0.233. The van der Waals surface area contributed by atoms with E-state index in [1.54, 1.807) is 12.1 Å². The Morgan fingerprint density at radius 2 is 2.09 bits per heavy atom. The van der Waals surface area contributed by atoms with Crippen molar-refractivity contribution in [2.45, 2.75) is 0 Å². The van der Waals surface area contributed by atoms with Gasteiger partial charge in [-0.3, -0.25) is 0 Å². The molecule has 0 aliphatic carbocycles. The average Bonchev–Trinajstić information content (AvgIpc) is 1.88. The van der Waals surface area contributed by atoms with E-state index < -0.39 is 5.97 Å². The summed E-state index contributed by atoms with van der Waals surface area (Å²) in [4.78, 5) is 10.2. The van der Waals surface area contributed by atoms with E-state index in [0.29, 0.717) is 0 Å². The minimum atomic E-state index is -1.15. The molecule has 2 nitrogen and oxygen atoms in total. The first-order valence-electron chi connectivity index (χ1n) is 2.67. The van der Waals surface area contributed by atoms with Crippen LogP contribution in [0.15, 0.2) is 28.7 Å². The molecule has 1 rings (SSSR count). The Balaban J connectivity index is 0.000001000. The van der Waals surface area contributed by atoms with E-state index in [1.807, 2.05) is 0 Å². The van der Waals surface area contributed by atoms with Crippen molar-refractivity contribution in [3.05, 3.63) is 34.3 Å². The molecular formula is C7H4BrLiO2. The van der Waals surface area contributed by atoms with Gasteiger partial charge in [0.25, 0.3) is 0 Å². The van der Waals surface area contributed by atoms with Crippen LogP contribution in [0.25, 0.3) is 0 Å². The molecule has 0 N–H and O–H groups in total. The molecule has 11 heavy (non-hydrogen) atoms. The molecule has 52 valence electrons. The number of carbonyl (C=O) groups is 1. The van der Waals surface area contributed by atoms with Crippen molar-refractivity contribution >= 4 is 21.9 Å². The number of halogens is 1. The number of carboxylic acid groups (broad SMARTS) is 1. The van der Waals surface area contributed by atoms with Crippen LogP contribution in [-0.4, -0.2) is 5.97 Å². The van der Waals surface area contributed by atoms with E-state index in [0.717, 1.165) is 4.47 Å². The van der Waals surface area contributed by atoms with Crippen molar-refractivity contribution in [3.8, 4) is 0 Å². The number of benzene rings is 1. The van der Waals surface area contributed by atoms with Gasteiger partial charge < -0.3 is 9.90 Å². The fourth-order valence-corrected chi connectivity index (χ4v) is 1.01. The fraction of sp³-hybridized carbons (Fsp3) is 0. The number of hydrogen-bond donors (Lipinski definition) is 0. The van der Waals surface area contributed by atoms with Crippen molar-refractivity contribution in [2.24, 2.45) is 0 Å². The minimum Gasteiger partial charge on any atom is -0.545 e. The molecule has 0 amide bonds. The molecule has 0 saturated heterocycles. The van der Waals surface area contributed by atoms with Crippen LogP contribution in [0.1, 0.15) is 10.4 Å². The SMILES string of the molecule is O=C([O-])c1cccc(Br)c1.[Li+]. The summed E-state index contributed by atoms with van der Waals surface area (Å²) in [6, 6.07) is 6.39. The molecule has 0 saturated carbocycles. The number of aromatic carboxylic acids is 1. The number of rotatable bonds is 1. The summed E-state index contributed by atoms with van der Waals surface area (Å²) in [6.07, 6.45) is 0. The number of carboxylic acids is 1. The summed E-state index contributed by atoms with van der Waals surface area (Å²) in [5.41, 5.74) is 0.189. The van der Waals surface area contributed by atoms with Crippen molar-refractivity contribution < 1.29 is 28.8 Å². The summed E-state index contributed by atoms with van der Waals surface area (Å²) in [6.45, 7) is 0. The van der Waals surface area contributed by atoms with Crippen molar-refractivity contribution in [3.63, 3.8) is 0 Å². The molecule has 0 unspecified atom stereocenters. The summed E-state index contributed by atoms with van der Waals surface area (Å²) in [5.74, 6) is -1.15. The van der Waals surface area contributed by atoms with Crippen LogP contribution in [0, 0.1) is 0 Å². The zero-order chi connectivity index (χ0) is 7.56. The van der Waals surface area contributed by atoms with Gasteiger partial charge in [-0.15, -0.1) is 0 Å². The Morgan fingerprint density at radius 1 is 1.45 bits per heavy atom. The Kier molecular flexibility index (Phi) is 4.51. The van der Waals surface area contributed by atoms with Gasteiger partial charge in [-0.25, -0.2) is 0 Å². The molecular weight excluding hydrogens is 203 g/mol. The molecule has 0 fully saturated rings. The first-order valence-corrected chi connectivity index (χ1v) is 3.46. The Labute approximate surface area is 84.9 Å². The van der Waals surface area contributed by atoms with Gasteiger partial charge in [0.05, 0.1) is 5.97 Å². The monoisotopic (exact) mass is 206 g/mol. The van der Waals surface area contributed by atoms with Crippen molar-refractivity contribution in [2.75, 3.05) is 0 Å². The van der Waals surface area contributed by atoms with Gasteiger partial charge in [0, 0.05) is 4.47 Å². The van der Waals surface area contributed by atoms with Gasteiger partial charge in [0.1, 0.15) is 0 Å². The molecule has 0 bridgehead atoms. The zero-order valence-corrected chi connectivity index (χ0v) is 7.59. The molecule has 0 heterocycles. The van der Waals surface area contributed by atoms with Crippen LogP contribution in [0.3, 0.4) is 0 Å². The van der Waals surface area contributed by atoms with Crippen LogP contribution in [0.2, 0.25) is 0 Å². The third kappa shape index (κ3) is 3.11. The first-order chi connectivity index (χ1) is 4.70. The average molecular weight is 207 g/mol. The van der Waals surface area contributed by atoms with E-state index in [4.69, 9.17) is 0 Å². The predicted molar refractivity (Wildman–Crippen MR) is 38.5 cm³/mol. The smallest absolute Gasteiger partial charge is 0.545 e. The molecule has 0 aliphatic rings. The second-order valence-corrected chi connectivity index (χ2v) is 2.71. The van der Waals surface area contributed by atoms with Gasteiger partial charge in [-0.2, -0.15) is 0 Å². The van der Waals surface area contributed by atoms with Crippen molar-refractivity contribution in [1.82, 2.24) is 0 Å². The zero-order valence-electron chi connectivity index (χ0n) is 6.00. The number of carbonyl (C=O) groups excluding carboxylic acids is 1. The maximum atomic E-state index is 10.2. The van der Waals surface area contributed by atoms with Gasteiger partial charge in [-0.1, -0.05) is 28.1 Å². The third-order valence-corrected chi connectivity index (χ3v) is 1.55. The molecule has 1 aromatic rings. The van der Waals surface area contributed by atoms with Gasteiger partial charge in [-0.05, 0) is 17.7 Å². The van der Waals surface area contributed by atoms with Gasteiger partial charge >= 0.3 is 18.9 Å². The summed E-state index contributed by atoms with van der Waals surface area (Å²) < 4.78 is 0.745. The fourth-order valence-electron chi connectivity index (χ4n) is 0.615. The standard InChI is InChI=1S/C7H5BrO2.Li/c8-6-3-1-2-5(4-6)7(9)10;/h1-4H,(H,9,10);/q;+1/p-1. The van der Waals surface area contributed by atoms with Crippen LogP contribution >= 0.6 is 15.9 Å².